The van der Waals surface area contributed by atoms with E-state index < -0.39 is 11.5 Å². The van der Waals surface area contributed by atoms with E-state index in [1.54, 1.807) is 19.9 Å². The molecular formula is C13H16Br2N2O3. The molecule has 0 unspecified atom stereocenters. The molecule has 0 spiro atoms. The third kappa shape index (κ3) is 5.92. The molecule has 0 radical (unpaired) electrons. The lowest BCUT2D eigenvalue weighted by atomic mass is 9.99. The molecule has 0 fully saturated rings. The average Bonchev–Trinajstić information content (AvgIpc) is 2.30. The lowest BCUT2D eigenvalue weighted by Crippen LogP contribution is -2.45. The summed E-state index contributed by atoms with van der Waals surface area (Å²) in [6.07, 6.45) is 0.368. The maximum atomic E-state index is 11.9. The van der Waals surface area contributed by atoms with Gasteiger partial charge in [0, 0.05) is 20.9 Å². The summed E-state index contributed by atoms with van der Waals surface area (Å²) in [5.41, 5.74) is 0.0457. The van der Waals surface area contributed by atoms with E-state index in [1.807, 2.05) is 12.1 Å². The number of carbonyl (C=O) groups is 2. The predicted molar refractivity (Wildman–Crippen MR) is 84.9 cm³/mol. The second-order valence-corrected chi connectivity index (χ2v) is 6.75. The molecule has 20 heavy (non-hydrogen) atoms. The van der Waals surface area contributed by atoms with Gasteiger partial charge in [0.1, 0.15) is 0 Å². The van der Waals surface area contributed by atoms with Crippen molar-refractivity contribution in [1.29, 1.82) is 0 Å². The number of hydrogen-bond donors (Lipinski definition) is 3. The van der Waals surface area contributed by atoms with E-state index in [0.29, 0.717) is 12.1 Å². The summed E-state index contributed by atoms with van der Waals surface area (Å²) in [4.78, 5) is 22.5. The van der Waals surface area contributed by atoms with Crippen molar-refractivity contribution in [3.63, 3.8) is 0 Å². The molecule has 3 N–H and O–H groups in total. The van der Waals surface area contributed by atoms with Crippen LogP contribution in [0, 0.1) is 0 Å². The third-order valence-electron chi connectivity index (χ3n) is 2.60. The summed E-state index contributed by atoms with van der Waals surface area (Å²) >= 11 is 6.69. The molecule has 0 aliphatic carbocycles. The molecule has 0 bridgehead atoms. The van der Waals surface area contributed by atoms with Crippen LogP contribution in [0.15, 0.2) is 27.1 Å². The van der Waals surface area contributed by atoms with Crippen molar-refractivity contribution in [3.05, 3.63) is 27.1 Å². The normalized spacial score (nSPS) is 11.0. The van der Waals surface area contributed by atoms with Crippen molar-refractivity contribution in [1.82, 2.24) is 5.32 Å². The van der Waals surface area contributed by atoms with E-state index >= 15 is 0 Å². The Labute approximate surface area is 134 Å². The van der Waals surface area contributed by atoms with Crippen LogP contribution in [0.25, 0.3) is 0 Å². The van der Waals surface area contributed by atoms with Crippen LogP contribution in [0.1, 0.15) is 26.7 Å². The Hall–Kier alpha value is -1.08. The molecule has 0 atom stereocenters. The van der Waals surface area contributed by atoms with Gasteiger partial charge in [-0.3, -0.25) is 4.79 Å². The van der Waals surface area contributed by atoms with Crippen LogP contribution in [-0.2, 0) is 4.79 Å². The Morgan fingerprint density at radius 3 is 2.50 bits per heavy atom. The zero-order chi connectivity index (χ0) is 15.3. The molecule has 5 nitrogen and oxygen atoms in total. The molecule has 0 heterocycles. The molecule has 110 valence electrons. The number of carbonyl (C=O) groups excluding carboxylic acids is 1. The molecule has 1 rings (SSSR count). The van der Waals surface area contributed by atoms with Crippen LogP contribution < -0.4 is 10.6 Å². The van der Waals surface area contributed by atoms with E-state index in [4.69, 9.17) is 5.11 Å². The second-order valence-electron chi connectivity index (χ2n) is 4.98. The fourth-order valence-corrected chi connectivity index (χ4v) is 2.68. The SMILES string of the molecule is CC(C)(CCC(=O)O)NC(=O)Nc1ccc(Br)cc1Br. The van der Waals surface area contributed by atoms with Crippen molar-refractivity contribution < 1.29 is 14.7 Å². The summed E-state index contributed by atoms with van der Waals surface area (Å²) in [6, 6.07) is 5.03. The fourth-order valence-electron chi connectivity index (χ4n) is 1.53. The Balaban J connectivity index is 2.60. The van der Waals surface area contributed by atoms with E-state index in [1.165, 1.54) is 0 Å². The molecule has 1 aromatic rings. The van der Waals surface area contributed by atoms with E-state index in [2.05, 4.69) is 42.5 Å². The number of carboxylic acids is 1. The van der Waals surface area contributed by atoms with Crippen LogP contribution in [0.3, 0.4) is 0 Å². The molecule has 0 aromatic heterocycles. The Bertz CT molecular complexity index is 518. The van der Waals surface area contributed by atoms with Gasteiger partial charge in [0.05, 0.1) is 5.69 Å². The molecule has 2 amide bonds. The molecule has 0 aliphatic heterocycles. The fraction of sp³-hybridized carbons (Fsp3) is 0.385. The predicted octanol–water partition coefficient (Wildman–Crippen LogP) is 3.98. The molecule has 7 heteroatoms. The number of anilines is 1. The number of halogens is 2. The minimum Gasteiger partial charge on any atom is -0.481 e. The van der Waals surface area contributed by atoms with E-state index in [9.17, 15) is 9.59 Å². The lowest BCUT2D eigenvalue weighted by Gasteiger charge is -2.25. The van der Waals surface area contributed by atoms with Gasteiger partial charge >= 0.3 is 12.0 Å². The van der Waals surface area contributed by atoms with Crippen molar-refractivity contribution in [2.75, 3.05) is 5.32 Å². The van der Waals surface area contributed by atoms with Gasteiger partial charge in [-0.1, -0.05) is 15.9 Å². The number of benzene rings is 1. The van der Waals surface area contributed by atoms with E-state index in [0.717, 1.165) is 8.95 Å². The van der Waals surface area contributed by atoms with Gasteiger partial charge in [0.25, 0.3) is 0 Å². The standard InChI is InChI=1S/C13H16Br2N2O3/c1-13(2,6-5-11(18)19)17-12(20)16-10-4-3-8(14)7-9(10)15/h3-4,7H,5-6H2,1-2H3,(H,18,19)(H2,16,17,20). The van der Waals surface area contributed by atoms with Crippen LogP contribution in [-0.4, -0.2) is 22.6 Å². The Morgan fingerprint density at radius 1 is 1.30 bits per heavy atom. The van der Waals surface area contributed by atoms with Crippen LogP contribution in [0.5, 0.6) is 0 Å². The summed E-state index contributed by atoms with van der Waals surface area (Å²) in [5, 5.41) is 14.1. The monoisotopic (exact) mass is 406 g/mol. The first-order valence-corrected chi connectivity index (χ1v) is 7.54. The summed E-state index contributed by atoms with van der Waals surface area (Å²) < 4.78 is 1.66. The smallest absolute Gasteiger partial charge is 0.319 e. The Kier molecular flexibility index (Phi) is 6.01. The van der Waals surface area contributed by atoms with Gasteiger partial charge in [0.2, 0.25) is 0 Å². The topological polar surface area (TPSA) is 78.4 Å². The van der Waals surface area contributed by atoms with Gasteiger partial charge in [-0.2, -0.15) is 0 Å². The largest absolute Gasteiger partial charge is 0.481 e. The Morgan fingerprint density at radius 2 is 1.95 bits per heavy atom. The number of urea groups is 1. The number of rotatable bonds is 5. The first kappa shape index (κ1) is 17.0. The first-order chi connectivity index (χ1) is 9.19. The van der Waals surface area contributed by atoms with Gasteiger partial charge in [-0.15, -0.1) is 0 Å². The number of amides is 2. The van der Waals surface area contributed by atoms with Gasteiger partial charge < -0.3 is 15.7 Å². The maximum absolute atomic E-state index is 11.9. The highest BCUT2D eigenvalue weighted by Gasteiger charge is 2.21. The number of aliphatic carboxylic acids is 1. The minimum absolute atomic E-state index is 0.00918. The van der Waals surface area contributed by atoms with Crippen molar-refractivity contribution in [2.45, 2.75) is 32.2 Å². The second kappa shape index (κ2) is 7.08. The van der Waals surface area contributed by atoms with Crippen LogP contribution in [0.2, 0.25) is 0 Å². The van der Waals surface area contributed by atoms with Crippen molar-refractivity contribution in [2.24, 2.45) is 0 Å². The minimum atomic E-state index is -0.879. The van der Waals surface area contributed by atoms with E-state index in [-0.39, 0.29) is 12.5 Å². The molecule has 0 saturated heterocycles. The van der Waals surface area contributed by atoms with Gasteiger partial charge in [-0.25, -0.2) is 4.79 Å². The molecule has 0 aliphatic rings. The van der Waals surface area contributed by atoms with Crippen molar-refractivity contribution >= 4 is 49.5 Å². The number of hydrogen-bond acceptors (Lipinski definition) is 2. The summed E-state index contributed by atoms with van der Waals surface area (Å²) in [7, 11) is 0. The maximum Gasteiger partial charge on any atom is 0.319 e. The average molecular weight is 408 g/mol. The van der Waals surface area contributed by atoms with Crippen LogP contribution in [0.4, 0.5) is 10.5 Å². The third-order valence-corrected chi connectivity index (χ3v) is 3.74. The number of carboxylic acid groups (broad SMARTS) is 1. The lowest BCUT2D eigenvalue weighted by molar-refractivity contribution is -0.137. The zero-order valence-corrected chi connectivity index (χ0v) is 14.3. The van der Waals surface area contributed by atoms with Gasteiger partial charge in [0.15, 0.2) is 0 Å². The highest BCUT2D eigenvalue weighted by Crippen LogP contribution is 2.26. The summed E-state index contributed by atoms with van der Waals surface area (Å²) in [6.45, 7) is 3.57. The highest BCUT2D eigenvalue weighted by atomic mass is 79.9. The summed E-state index contributed by atoms with van der Waals surface area (Å²) in [5.74, 6) is -0.879. The zero-order valence-electron chi connectivity index (χ0n) is 11.2. The quantitative estimate of drug-likeness (QED) is 0.690. The first-order valence-electron chi connectivity index (χ1n) is 5.95. The highest BCUT2D eigenvalue weighted by molar-refractivity contribution is 9.11. The number of nitrogens with one attached hydrogen (secondary N) is 2. The molecule has 0 saturated carbocycles. The van der Waals surface area contributed by atoms with Crippen LogP contribution >= 0.6 is 31.9 Å². The molecular weight excluding hydrogens is 392 g/mol. The van der Waals surface area contributed by atoms with Crippen molar-refractivity contribution in [3.8, 4) is 0 Å². The molecule has 1 aromatic carbocycles. The van der Waals surface area contributed by atoms with Gasteiger partial charge in [-0.05, 0) is 54.4 Å².